The molecule has 5 aliphatic rings. The van der Waals surface area contributed by atoms with Crippen LogP contribution >= 0.6 is 0 Å². The molecule has 1 heterocycles. The van der Waals surface area contributed by atoms with E-state index in [1.165, 1.54) is 6.92 Å². The molecule has 4 aliphatic carbocycles. The molecule has 1 aliphatic heterocycles. The highest BCUT2D eigenvalue weighted by atomic mass is 16.5. The number of esters is 2. The van der Waals surface area contributed by atoms with Gasteiger partial charge < -0.3 is 19.7 Å². The van der Waals surface area contributed by atoms with Gasteiger partial charge in [0.05, 0.1) is 22.7 Å². The fraction of sp³-hybridized carbons (Fsp3) is 0.800. The van der Waals surface area contributed by atoms with Crippen molar-refractivity contribution >= 4 is 11.9 Å². The average molecular weight is 444 g/mol. The van der Waals surface area contributed by atoms with E-state index in [0.717, 1.165) is 24.8 Å². The van der Waals surface area contributed by atoms with Crippen LogP contribution in [-0.4, -0.2) is 46.1 Å². The minimum Gasteiger partial charge on any atom is -0.462 e. The van der Waals surface area contributed by atoms with Gasteiger partial charge in [0, 0.05) is 24.8 Å². The summed E-state index contributed by atoms with van der Waals surface area (Å²) in [5.41, 5.74) is -2.48. The molecular weight excluding hydrogens is 410 g/mol. The topological polar surface area (TPSA) is 117 Å². The molecule has 0 aromatic carbocycles. The zero-order valence-corrected chi connectivity index (χ0v) is 18.9. The van der Waals surface area contributed by atoms with Crippen molar-refractivity contribution in [3.63, 3.8) is 0 Å². The lowest BCUT2D eigenvalue weighted by atomic mass is 9.41. The van der Waals surface area contributed by atoms with Crippen molar-refractivity contribution in [3.8, 4) is 6.07 Å². The molecule has 174 valence electrons. The Kier molecular flexibility index (Phi) is 4.82. The Bertz CT molecular complexity index is 924. The molecule has 32 heavy (non-hydrogen) atoms. The first-order chi connectivity index (χ1) is 15.1. The van der Waals surface area contributed by atoms with Gasteiger partial charge in [-0.2, -0.15) is 5.26 Å². The van der Waals surface area contributed by atoms with E-state index < -0.39 is 16.6 Å². The minimum atomic E-state index is -1.21. The highest BCUT2D eigenvalue weighted by Crippen LogP contribution is 2.70. The molecule has 0 aromatic heterocycles. The van der Waals surface area contributed by atoms with Crippen LogP contribution in [0.25, 0.3) is 0 Å². The first kappa shape index (κ1) is 21.9. The van der Waals surface area contributed by atoms with Crippen LogP contribution in [0.2, 0.25) is 0 Å². The van der Waals surface area contributed by atoms with Crippen LogP contribution in [0, 0.1) is 39.9 Å². The van der Waals surface area contributed by atoms with Gasteiger partial charge in [0.25, 0.3) is 0 Å². The number of hydrogen-bond donors (Lipinski definition) is 2. The fourth-order valence-electron chi connectivity index (χ4n) is 8.58. The van der Waals surface area contributed by atoms with Gasteiger partial charge in [0.1, 0.15) is 12.7 Å². The number of cyclic esters (lactones) is 1. The summed E-state index contributed by atoms with van der Waals surface area (Å²) < 4.78 is 10.6. The Balaban J connectivity index is 1.47. The largest absolute Gasteiger partial charge is 0.462 e. The van der Waals surface area contributed by atoms with Crippen molar-refractivity contribution in [2.24, 2.45) is 28.6 Å². The number of nitriles is 1. The second kappa shape index (κ2) is 7.04. The van der Waals surface area contributed by atoms with Crippen LogP contribution in [0.3, 0.4) is 0 Å². The van der Waals surface area contributed by atoms with Crippen molar-refractivity contribution in [3.05, 3.63) is 11.6 Å². The van der Waals surface area contributed by atoms with E-state index in [0.29, 0.717) is 38.7 Å². The highest BCUT2D eigenvalue weighted by Gasteiger charge is 2.71. The summed E-state index contributed by atoms with van der Waals surface area (Å²) in [7, 11) is 0. The molecule has 7 heteroatoms. The zero-order valence-electron chi connectivity index (χ0n) is 18.9. The minimum absolute atomic E-state index is 0.0740. The number of fused-ring (bicyclic) bond motifs is 5. The number of aliphatic hydroxyl groups is 2. The number of carbonyl (C=O) groups is 2. The molecule has 2 N–H and O–H groups in total. The normalized spacial score (nSPS) is 49.7. The third kappa shape index (κ3) is 2.72. The number of nitrogens with zero attached hydrogens (tertiary/aromatic N) is 1. The number of hydrogen-bond acceptors (Lipinski definition) is 7. The second-order valence-electron chi connectivity index (χ2n) is 11.1. The monoisotopic (exact) mass is 443 g/mol. The SMILES string of the molecule is CC(=O)O[C@@H]1CC[C@]2(C#N)[C@H]3CC[C@]4(C)[C@H](C5=CC(=O)OC5)CC[C@@]4(O)[C@@H]3CC[C@]2(O)C1. The lowest BCUT2D eigenvalue weighted by Crippen LogP contribution is -2.68. The molecule has 0 radical (unpaired) electrons. The molecule has 0 saturated heterocycles. The molecule has 0 amide bonds. The zero-order chi connectivity index (χ0) is 22.9. The predicted molar refractivity (Wildman–Crippen MR) is 113 cm³/mol. The molecular formula is C25H33NO6. The first-order valence-electron chi connectivity index (χ1n) is 12.0. The Morgan fingerprint density at radius 3 is 2.56 bits per heavy atom. The fourth-order valence-corrected chi connectivity index (χ4v) is 8.58. The van der Waals surface area contributed by atoms with Crippen LogP contribution in [0.5, 0.6) is 0 Å². The van der Waals surface area contributed by atoms with Crippen molar-refractivity contribution in [1.82, 2.24) is 0 Å². The third-order valence-electron chi connectivity index (χ3n) is 10.1. The van der Waals surface area contributed by atoms with Crippen LogP contribution in [0.4, 0.5) is 0 Å². The molecule has 4 fully saturated rings. The lowest BCUT2D eigenvalue weighted by molar-refractivity contribution is -0.244. The summed E-state index contributed by atoms with van der Waals surface area (Å²) in [4.78, 5) is 23.2. The average Bonchev–Trinajstić information content (AvgIpc) is 3.27. The molecule has 0 aromatic rings. The van der Waals surface area contributed by atoms with Crippen LogP contribution < -0.4 is 0 Å². The van der Waals surface area contributed by atoms with Gasteiger partial charge >= 0.3 is 11.9 Å². The van der Waals surface area contributed by atoms with E-state index in [-0.39, 0.29) is 47.6 Å². The summed E-state index contributed by atoms with van der Waals surface area (Å²) in [5.74, 6) is -0.742. The van der Waals surface area contributed by atoms with E-state index in [9.17, 15) is 25.1 Å². The smallest absolute Gasteiger partial charge is 0.331 e. The summed E-state index contributed by atoms with van der Waals surface area (Å²) >= 11 is 0. The standard InChI is InChI=1S/C25H33NO6/c1-15(27)32-17-3-8-23(14-26)19-4-7-22(2)18(16-11-21(28)31-13-16)6-10-25(22,30)20(19)5-9-24(23,29)12-17/h11,17-20,29-30H,3-10,12-13H2,1-2H3/t17-,18+,19+,20-,22-,23+,24+,25-/m1/s1. The molecule has 8 atom stereocenters. The molecule has 5 rings (SSSR count). The number of ether oxygens (including phenoxy) is 2. The number of rotatable bonds is 2. The molecule has 4 saturated carbocycles. The third-order valence-corrected chi connectivity index (χ3v) is 10.1. The van der Waals surface area contributed by atoms with Gasteiger partial charge in [-0.05, 0) is 74.7 Å². The van der Waals surface area contributed by atoms with E-state index in [4.69, 9.17) is 9.47 Å². The van der Waals surface area contributed by atoms with Crippen molar-refractivity contribution in [2.45, 2.75) is 88.9 Å². The van der Waals surface area contributed by atoms with Gasteiger partial charge in [-0.15, -0.1) is 0 Å². The van der Waals surface area contributed by atoms with Crippen LogP contribution in [0.1, 0.15) is 71.6 Å². The van der Waals surface area contributed by atoms with Crippen LogP contribution in [0.15, 0.2) is 11.6 Å². The van der Waals surface area contributed by atoms with Gasteiger partial charge in [-0.25, -0.2) is 4.79 Å². The molecule has 0 unspecified atom stereocenters. The molecule has 0 bridgehead atoms. The first-order valence-corrected chi connectivity index (χ1v) is 12.0. The Hall–Kier alpha value is -1.91. The van der Waals surface area contributed by atoms with Gasteiger partial charge in [0.2, 0.25) is 0 Å². The summed E-state index contributed by atoms with van der Waals surface area (Å²) in [6, 6.07) is 2.54. The number of carbonyl (C=O) groups excluding carboxylic acids is 2. The molecule has 0 spiro atoms. The van der Waals surface area contributed by atoms with Crippen molar-refractivity contribution in [2.75, 3.05) is 6.61 Å². The summed E-state index contributed by atoms with van der Waals surface area (Å²) in [6.07, 6.45) is 6.56. The van der Waals surface area contributed by atoms with E-state index >= 15 is 0 Å². The maximum Gasteiger partial charge on any atom is 0.331 e. The Labute approximate surface area is 188 Å². The second-order valence-corrected chi connectivity index (χ2v) is 11.1. The summed E-state index contributed by atoms with van der Waals surface area (Å²) in [5, 5.41) is 34.4. The predicted octanol–water partition coefficient (Wildman–Crippen LogP) is 2.79. The maximum absolute atomic E-state index is 12.2. The summed E-state index contributed by atoms with van der Waals surface area (Å²) in [6.45, 7) is 3.82. The Morgan fingerprint density at radius 1 is 1.16 bits per heavy atom. The van der Waals surface area contributed by atoms with Gasteiger partial charge in [-0.3, -0.25) is 4.79 Å². The molecule has 7 nitrogen and oxygen atoms in total. The Morgan fingerprint density at radius 2 is 1.91 bits per heavy atom. The quantitative estimate of drug-likeness (QED) is 0.630. The van der Waals surface area contributed by atoms with Crippen molar-refractivity contribution < 1.29 is 29.3 Å². The van der Waals surface area contributed by atoms with Gasteiger partial charge in [-0.1, -0.05) is 6.92 Å². The lowest BCUT2D eigenvalue weighted by Gasteiger charge is -2.64. The van der Waals surface area contributed by atoms with Gasteiger partial charge in [0.15, 0.2) is 0 Å². The van der Waals surface area contributed by atoms with Crippen LogP contribution in [-0.2, 0) is 19.1 Å². The van der Waals surface area contributed by atoms with E-state index in [2.05, 4.69) is 13.0 Å². The van der Waals surface area contributed by atoms with Crippen molar-refractivity contribution in [1.29, 1.82) is 5.26 Å². The maximum atomic E-state index is 12.2. The van der Waals surface area contributed by atoms with E-state index in [1.807, 2.05) is 0 Å². The highest BCUT2D eigenvalue weighted by molar-refractivity contribution is 5.85. The van der Waals surface area contributed by atoms with E-state index in [1.54, 1.807) is 6.08 Å².